The topological polar surface area (TPSA) is 49.8 Å². The zero-order valence-corrected chi connectivity index (χ0v) is 14.8. The largest absolute Gasteiger partial charge is 0.432 e. The van der Waals surface area contributed by atoms with Crippen LogP contribution < -0.4 is 0 Å². The van der Waals surface area contributed by atoms with Gasteiger partial charge in [0.15, 0.2) is 5.60 Å². The number of carbonyl (C=O) groups is 1. The molecule has 1 aliphatic rings. The number of ether oxygens (including phenoxy) is 1. The van der Waals surface area contributed by atoms with Gasteiger partial charge in [0, 0.05) is 12.5 Å². The summed E-state index contributed by atoms with van der Waals surface area (Å²) in [6.07, 6.45) is 8.17. The van der Waals surface area contributed by atoms with Crippen molar-refractivity contribution in [2.24, 2.45) is 5.92 Å². The Kier molecular flexibility index (Phi) is 7.00. The molecule has 0 aromatic heterocycles. The van der Waals surface area contributed by atoms with E-state index >= 15 is 0 Å². The number of hydrogen-bond acceptors (Lipinski definition) is 4. The van der Waals surface area contributed by atoms with E-state index in [0.717, 1.165) is 32.2 Å². The number of carbonyl (C=O) groups excluding carboxylic acids is 1. The van der Waals surface area contributed by atoms with Crippen LogP contribution in [0, 0.1) is 5.92 Å². The molecule has 1 N–H and O–H groups in total. The normalized spacial score (nSPS) is 18.7. The Morgan fingerprint density at radius 2 is 1.96 bits per heavy atom. The summed E-state index contributed by atoms with van der Waals surface area (Å²) in [6.45, 7) is 3.70. The predicted octanol–water partition coefficient (Wildman–Crippen LogP) is 3.46. The van der Waals surface area contributed by atoms with Gasteiger partial charge in [-0.3, -0.25) is 0 Å². The molecular formula is C20H29NO3. The molecule has 0 heterocycles. The molecule has 1 saturated carbocycles. The van der Waals surface area contributed by atoms with E-state index in [4.69, 9.17) is 4.74 Å². The molecule has 1 fully saturated rings. The quantitative estimate of drug-likeness (QED) is 0.614. The average Bonchev–Trinajstić information content (AvgIpc) is 2.65. The van der Waals surface area contributed by atoms with E-state index in [2.05, 4.69) is 11.8 Å². The first-order chi connectivity index (χ1) is 11.6. The highest BCUT2D eigenvalue weighted by atomic mass is 16.5. The minimum Gasteiger partial charge on any atom is -0.432 e. The lowest BCUT2D eigenvalue weighted by atomic mass is 9.73. The van der Waals surface area contributed by atoms with Crippen LogP contribution in [0.25, 0.3) is 0 Å². The Morgan fingerprint density at radius 3 is 2.58 bits per heavy atom. The molecule has 0 saturated heterocycles. The Balaban J connectivity index is 2.14. The molecule has 0 aliphatic heterocycles. The summed E-state index contributed by atoms with van der Waals surface area (Å²) in [4.78, 5) is 14.8. The molecule has 0 bridgehead atoms. The highest BCUT2D eigenvalue weighted by molar-refractivity contribution is 5.82. The van der Waals surface area contributed by atoms with Crippen molar-refractivity contribution in [3.8, 4) is 0 Å². The summed E-state index contributed by atoms with van der Waals surface area (Å²) >= 11 is 0. The van der Waals surface area contributed by atoms with Gasteiger partial charge in [-0.25, -0.2) is 4.79 Å². The summed E-state index contributed by atoms with van der Waals surface area (Å²) in [5, 5.41) is 11.3. The molecule has 2 rings (SSSR count). The fourth-order valence-electron chi connectivity index (χ4n) is 3.28. The zero-order valence-electron chi connectivity index (χ0n) is 14.8. The van der Waals surface area contributed by atoms with E-state index in [1.54, 1.807) is 6.08 Å². The monoisotopic (exact) mass is 331 g/mol. The maximum absolute atomic E-state index is 12.7. The lowest BCUT2D eigenvalue weighted by Crippen LogP contribution is -2.44. The number of nitrogens with zero attached hydrogens (tertiary/aromatic N) is 1. The molecule has 4 heteroatoms. The van der Waals surface area contributed by atoms with Crippen molar-refractivity contribution in [1.29, 1.82) is 0 Å². The third kappa shape index (κ3) is 4.46. The van der Waals surface area contributed by atoms with Gasteiger partial charge in [-0.05, 0) is 38.1 Å². The SMILES string of the molecule is CCN(C)CC=COC(=O)C(O)(c1ccccc1)C1CCCCC1. The van der Waals surface area contributed by atoms with Gasteiger partial charge in [0.25, 0.3) is 0 Å². The van der Waals surface area contributed by atoms with Crippen LogP contribution in [0.1, 0.15) is 44.6 Å². The molecule has 1 aromatic carbocycles. The van der Waals surface area contributed by atoms with Crippen LogP contribution in [0.3, 0.4) is 0 Å². The van der Waals surface area contributed by atoms with Crippen molar-refractivity contribution in [2.75, 3.05) is 20.1 Å². The summed E-state index contributed by atoms with van der Waals surface area (Å²) in [5.74, 6) is -0.663. The first-order valence-electron chi connectivity index (χ1n) is 8.91. The highest BCUT2D eigenvalue weighted by Crippen LogP contribution is 2.40. The Hall–Kier alpha value is -1.65. The minimum atomic E-state index is -1.57. The Morgan fingerprint density at radius 1 is 1.29 bits per heavy atom. The average molecular weight is 331 g/mol. The lowest BCUT2D eigenvalue weighted by molar-refractivity contribution is -0.169. The number of likely N-dealkylation sites (N-methyl/N-ethyl adjacent to an activating group) is 1. The van der Waals surface area contributed by atoms with Crippen LogP contribution >= 0.6 is 0 Å². The van der Waals surface area contributed by atoms with Gasteiger partial charge >= 0.3 is 5.97 Å². The third-order valence-corrected chi connectivity index (χ3v) is 4.95. The number of esters is 1. The van der Waals surface area contributed by atoms with Crippen molar-refractivity contribution >= 4 is 5.97 Å². The van der Waals surface area contributed by atoms with E-state index in [-0.39, 0.29) is 5.92 Å². The predicted molar refractivity (Wildman–Crippen MR) is 95.3 cm³/mol. The van der Waals surface area contributed by atoms with Crippen molar-refractivity contribution in [1.82, 2.24) is 4.90 Å². The van der Waals surface area contributed by atoms with Gasteiger partial charge in [0.05, 0.1) is 6.26 Å². The molecule has 1 aromatic rings. The Labute approximate surface area is 145 Å². The second kappa shape index (κ2) is 9.00. The van der Waals surface area contributed by atoms with Crippen LogP contribution in [0.2, 0.25) is 0 Å². The molecule has 0 radical (unpaired) electrons. The summed E-state index contributed by atoms with van der Waals surface area (Å²) in [7, 11) is 1.99. The van der Waals surface area contributed by atoms with Gasteiger partial charge in [0.1, 0.15) is 0 Å². The van der Waals surface area contributed by atoms with E-state index < -0.39 is 11.6 Å². The molecule has 0 amide bonds. The van der Waals surface area contributed by atoms with E-state index in [1.165, 1.54) is 12.7 Å². The highest BCUT2D eigenvalue weighted by Gasteiger charge is 2.46. The molecular weight excluding hydrogens is 302 g/mol. The maximum Gasteiger partial charge on any atom is 0.347 e. The van der Waals surface area contributed by atoms with Crippen LogP contribution in [0.5, 0.6) is 0 Å². The number of benzene rings is 1. The van der Waals surface area contributed by atoms with Crippen LogP contribution in [-0.4, -0.2) is 36.1 Å². The molecule has 24 heavy (non-hydrogen) atoms. The molecule has 0 spiro atoms. The van der Waals surface area contributed by atoms with Crippen LogP contribution in [-0.2, 0) is 15.1 Å². The maximum atomic E-state index is 12.7. The molecule has 132 valence electrons. The second-order valence-corrected chi connectivity index (χ2v) is 6.60. The number of hydrogen-bond donors (Lipinski definition) is 1. The summed E-state index contributed by atoms with van der Waals surface area (Å²) in [5.41, 5.74) is -0.941. The van der Waals surface area contributed by atoms with Crippen molar-refractivity contribution < 1.29 is 14.6 Å². The van der Waals surface area contributed by atoms with Gasteiger partial charge in [-0.2, -0.15) is 0 Å². The van der Waals surface area contributed by atoms with E-state index in [0.29, 0.717) is 12.1 Å². The smallest absolute Gasteiger partial charge is 0.347 e. The van der Waals surface area contributed by atoms with Crippen molar-refractivity contribution in [2.45, 2.75) is 44.6 Å². The second-order valence-electron chi connectivity index (χ2n) is 6.60. The zero-order chi connectivity index (χ0) is 17.4. The van der Waals surface area contributed by atoms with Crippen molar-refractivity contribution in [3.63, 3.8) is 0 Å². The van der Waals surface area contributed by atoms with E-state index in [9.17, 15) is 9.90 Å². The van der Waals surface area contributed by atoms with E-state index in [1.807, 2.05) is 37.4 Å². The van der Waals surface area contributed by atoms with Gasteiger partial charge < -0.3 is 14.7 Å². The lowest BCUT2D eigenvalue weighted by Gasteiger charge is -2.36. The number of aliphatic hydroxyl groups is 1. The standard InChI is InChI=1S/C20H29NO3/c1-3-21(2)15-10-16-24-19(22)20(23,17-11-6-4-7-12-17)18-13-8-5-9-14-18/h4,6-7,10-12,16,18,23H,3,5,8-9,13-15H2,1-2H3. The minimum absolute atomic E-state index is 0.0899. The molecule has 1 aliphatic carbocycles. The fraction of sp³-hybridized carbons (Fsp3) is 0.550. The van der Waals surface area contributed by atoms with Crippen LogP contribution in [0.4, 0.5) is 0 Å². The third-order valence-electron chi connectivity index (χ3n) is 4.95. The van der Waals surface area contributed by atoms with Crippen LogP contribution in [0.15, 0.2) is 42.7 Å². The summed E-state index contributed by atoms with van der Waals surface area (Å²) in [6, 6.07) is 9.20. The Bertz CT molecular complexity index is 537. The summed E-state index contributed by atoms with van der Waals surface area (Å²) < 4.78 is 5.31. The number of rotatable bonds is 7. The molecule has 4 nitrogen and oxygen atoms in total. The van der Waals surface area contributed by atoms with Crippen molar-refractivity contribution in [3.05, 3.63) is 48.2 Å². The first kappa shape index (κ1) is 18.7. The molecule has 1 unspecified atom stereocenters. The van der Waals surface area contributed by atoms with Gasteiger partial charge in [0.2, 0.25) is 0 Å². The van der Waals surface area contributed by atoms with Gasteiger partial charge in [-0.1, -0.05) is 56.5 Å². The molecule has 1 atom stereocenters. The van der Waals surface area contributed by atoms with Gasteiger partial charge in [-0.15, -0.1) is 0 Å². The fourth-order valence-corrected chi connectivity index (χ4v) is 3.28. The first-order valence-corrected chi connectivity index (χ1v) is 8.91.